The van der Waals surface area contributed by atoms with Gasteiger partial charge in [0.1, 0.15) is 22.1 Å². The molecule has 0 bridgehead atoms. The molecule has 1 atom stereocenters. The molecule has 0 aliphatic rings. The van der Waals surface area contributed by atoms with Gasteiger partial charge in [-0.15, -0.1) is 0 Å². The van der Waals surface area contributed by atoms with Gasteiger partial charge in [-0.2, -0.15) is 8.78 Å². The molecule has 1 aromatic rings. The molecule has 0 radical (unpaired) electrons. The highest BCUT2D eigenvalue weighted by molar-refractivity contribution is 9.09. The molecular weight excluding hydrogens is 348 g/mol. The summed E-state index contributed by atoms with van der Waals surface area (Å²) >= 11 is 2.61. The third-order valence-electron chi connectivity index (χ3n) is 2.64. The number of ether oxygens (including phenoxy) is 3. The SMILES string of the molecule is COc1cc(OC)c(C(Br)C(F)(F)C(F)F)c(OC)c1. The van der Waals surface area contributed by atoms with Gasteiger partial charge in [0.25, 0.3) is 0 Å². The second-order valence-electron chi connectivity index (χ2n) is 3.78. The first-order valence-electron chi connectivity index (χ1n) is 5.39. The van der Waals surface area contributed by atoms with Crippen LogP contribution in [0.4, 0.5) is 17.6 Å². The summed E-state index contributed by atoms with van der Waals surface area (Å²) in [5.74, 6) is -4.07. The highest BCUT2D eigenvalue weighted by Crippen LogP contribution is 2.50. The molecule has 0 aliphatic carbocycles. The Morgan fingerprint density at radius 2 is 1.45 bits per heavy atom. The first-order valence-corrected chi connectivity index (χ1v) is 6.31. The van der Waals surface area contributed by atoms with Crippen LogP contribution in [-0.4, -0.2) is 33.7 Å². The largest absolute Gasteiger partial charge is 0.496 e. The number of methoxy groups -OCH3 is 3. The molecule has 1 unspecified atom stereocenters. The van der Waals surface area contributed by atoms with Crippen LogP contribution in [0.3, 0.4) is 0 Å². The van der Waals surface area contributed by atoms with Crippen LogP contribution in [0.5, 0.6) is 17.2 Å². The standard InChI is InChI=1S/C12H13BrF4O3/c1-18-6-4-7(19-2)9(8(5-6)20-3)10(13)12(16,17)11(14)15/h4-5,10-11H,1-3H3. The van der Waals surface area contributed by atoms with Crippen molar-refractivity contribution < 1.29 is 31.8 Å². The number of rotatable bonds is 6. The average Bonchev–Trinajstić information content (AvgIpc) is 2.44. The van der Waals surface area contributed by atoms with E-state index in [4.69, 9.17) is 14.2 Å². The summed E-state index contributed by atoms with van der Waals surface area (Å²) in [5.41, 5.74) is -0.207. The zero-order valence-electron chi connectivity index (χ0n) is 10.9. The van der Waals surface area contributed by atoms with Gasteiger partial charge in [-0.25, -0.2) is 8.78 Å². The summed E-state index contributed by atoms with van der Waals surface area (Å²) in [6, 6.07) is 2.63. The second kappa shape index (κ2) is 6.51. The van der Waals surface area contributed by atoms with Crippen LogP contribution >= 0.6 is 15.9 Å². The first-order chi connectivity index (χ1) is 9.29. The van der Waals surface area contributed by atoms with E-state index in [1.165, 1.54) is 33.5 Å². The number of alkyl halides is 5. The number of halogens is 5. The van der Waals surface area contributed by atoms with Gasteiger partial charge in [0.15, 0.2) is 0 Å². The Balaban J connectivity index is 3.42. The van der Waals surface area contributed by atoms with Crippen molar-refractivity contribution in [3.63, 3.8) is 0 Å². The molecule has 20 heavy (non-hydrogen) atoms. The summed E-state index contributed by atoms with van der Waals surface area (Å²) in [6.45, 7) is 0. The van der Waals surface area contributed by atoms with Gasteiger partial charge in [0.05, 0.1) is 26.9 Å². The van der Waals surface area contributed by atoms with Gasteiger partial charge >= 0.3 is 12.3 Å². The summed E-state index contributed by atoms with van der Waals surface area (Å²) in [5, 5.41) is 0. The van der Waals surface area contributed by atoms with E-state index in [0.29, 0.717) is 5.75 Å². The molecule has 0 saturated carbocycles. The minimum atomic E-state index is -4.28. The van der Waals surface area contributed by atoms with Crippen molar-refractivity contribution in [2.75, 3.05) is 21.3 Å². The first kappa shape index (κ1) is 16.9. The van der Waals surface area contributed by atoms with E-state index in [-0.39, 0.29) is 17.1 Å². The van der Waals surface area contributed by atoms with Crippen LogP contribution in [0, 0.1) is 0 Å². The topological polar surface area (TPSA) is 27.7 Å². The predicted molar refractivity (Wildman–Crippen MR) is 68.7 cm³/mol. The molecule has 1 rings (SSSR count). The van der Waals surface area contributed by atoms with Gasteiger partial charge in [-0.1, -0.05) is 15.9 Å². The smallest absolute Gasteiger partial charge is 0.323 e. The van der Waals surface area contributed by atoms with Crippen molar-refractivity contribution in [2.45, 2.75) is 17.2 Å². The minimum absolute atomic E-state index is 0.0385. The molecule has 0 fully saturated rings. The normalized spacial score (nSPS) is 13.2. The third-order valence-corrected chi connectivity index (χ3v) is 3.70. The molecule has 0 saturated heterocycles. The van der Waals surface area contributed by atoms with E-state index < -0.39 is 17.2 Å². The maximum atomic E-state index is 13.5. The lowest BCUT2D eigenvalue weighted by Gasteiger charge is -2.25. The summed E-state index contributed by atoms with van der Waals surface area (Å²) < 4.78 is 66.8. The molecule has 0 amide bonds. The Kier molecular flexibility index (Phi) is 5.50. The fourth-order valence-corrected chi connectivity index (χ4v) is 2.24. The van der Waals surface area contributed by atoms with Gasteiger partial charge in [-0.3, -0.25) is 0 Å². The van der Waals surface area contributed by atoms with E-state index in [2.05, 4.69) is 15.9 Å². The molecule has 8 heteroatoms. The Morgan fingerprint density at radius 1 is 1.00 bits per heavy atom. The van der Waals surface area contributed by atoms with Crippen LogP contribution in [0.2, 0.25) is 0 Å². The Hall–Kier alpha value is -1.18. The molecule has 0 heterocycles. The number of hydrogen-bond acceptors (Lipinski definition) is 3. The highest BCUT2D eigenvalue weighted by atomic mass is 79.9. The molecule has 0 spiro atoms. The van der Waals surface area contributed by atoms with Crippen molar-refractivity contribution in [1.82, 2.24) is 0 Å². The van der Waals surface area contributed by atoms with Crippen molar-refractivity contribution >= 4 is 15.9 Å². The zero-order chi connectivity index (χ0) is 15.5. The van der Waals surface area contributed by atoms with Crippen molar-refractivity contribution in [2.24, 2.45) is 0 Å². The van der Waals surface area contributed by atoms with E-state index in [9.17, 15) is 17.6 Å². The maximum absolute atomic E-state index is 13.5. The molecule has 114 valence electrons. The fraction of sp³-hybridized carbons (Fsp3) is 0.500. The third kappa shape index (κ3) is 3.11. The van der Waals surface area contributed by atoms with Gasteiger partial charge < -0.3 is 14.2 Å². The molecule has 1 aromatic carbocycles. The molecule has 0 aromatic heterocycles. The quantitative estimate of drug-likeness (QED) is 0.565. The predicted octanol–water partition coefficient (Wildman–Crippen LogP) is 4.05. The molecule has 0 N–H and O–H groups in total. The Labute approximate surface area is 121 Å². The van der Waals surface area contributed by atoms with Crippen molar-refractivity contribution in [3.8, 4) is 17.2 Å². The van der Waals surface area contributed by atoms with Crippen molar-refractivity contribution in [3.05, 3.63) is 17.7 Å². The fourth-order valence-electron chi connectivity index (χ4n) is 1.59. The van der Waals surface area contributed by atoms with Crippen molar-refractivity contribution in [1.29, 1.82) is 0 Å². The van der Waals surface area contributed by atoms with Crippen LogP contribution < -0.4 is 14.2 Å². The lowest BCUT2D eigenvalue weighted by atomic mass is 10.0. The van der Waals surface area contributed by atoms with Crippen LogP contribution in [0.15, 0.2) is 12.1 Å². The Morgan fingerprint density at radius 3 is 1.75 bits per heavy atom. The van der Waals surface area contributed by atoms with E-state index in [1.54, 1.807) is 0 Å². The Bertz CT molecular complexity index is 443. The minimum Gasteiger partial charge on any atom is -0.496 e. The lowest BCUT2D eigenvalue weighted by Crippen LogP contribution is -2.31. The van der Waals surface area contributed by atoms with E-state index in [0.717, 1.165) is 0 Å². The van der Waals surface area contributed by atoms with Crippen LogP contribution in [0.25, 0.3) is 0 Å². The summed E-state index contributed by atoms with van der Waals surface area (Å²) in [4.78, 5) is -1.97. The molecule has 3 nitrogen and oxygen atoms in total. The second-order valence-corrected chi connectivity index (χ2v) is 4.70. The van der Waals surface area contributed by atoms with Crippen LogP contribution in [0.1, 0.15) is 10.4 Å². The van der Waals surface area contributed by atoms with E-state index in [1.807, 2.05) is 0 Å². The lowest BCUT2D eigenvalue weighted by molar-refractivity contribution is -0.128. The van der Waals surface area contributed by atoms with E-state index >= 15 is 0 Å². The highest BCUT2D eigenvalue weighted by Gasteiger charge is 2.50. The van der Waals surface area contributed by atoms with Gasteiger partial charge in [0, 0.05) is 12.1 Å². The van der Waals surface area contributed by atoms with Gasteiger partial charge in [-0.05, 0) is 0 Å². The monoisotopic (exact) mass is 360 g/mol. The summed E-state index contributed by atoms with van der Waals surface area (Å²) in [7, 11) is 3.84. The molecular formula is C12H13BrF4O3. The average molecular weight is 361 g/mol. The summed E-state index contributed by atoms with van der Waals surface area (Å²) in [6.07, 6.45) is -3.83. The molecule has 0 aliphatic heterocycles. The maximum Gasteiger partial charge on any atom is 0.323 e. The van der Waals surface area contributed by atoms with Gasteiger partial charge in [0.2, 0.25) is 0 Å². The zero-order valence-corrected chi connectivity index (χ0v) is 12.5. The van der Waals surface area contributed by atoms with Crippen LogP contribution in [-0.2, 0) is 0 Å². The number of benzene rings is 1. The number of hydrogen-bond donors (Lipinski definition) is 0.